The Morgan fingerprint density at radius 2 is 2.10 bits per heavy atom. The van der Waals surface area contributed by atoms with Gasteiger partial charge in [0.25, 0.3) is 0 Å². The summed E-state index contributed by atoms with van der Waals surface area (Å²) in [5.41, 5.74) is 0.0363. The molecule has 0 heterocycles. The Hall–Kier alpha value is -1.21. The number of amides is 1. The topological polar surface area (TPSA) is 83.5 Å². The SMILES string of the molecule is O=C(CS(=O)c1ccc(Br)c(C(=O)O)c1)NCC1CC1. The fraction of sp³-hybridized carbons (Fsp3) is 0.385. The molecule has 0 aromatic heterocycles. The van der Waals surface area contributed by atoms with Gasteiger partial charge in [-0.25, -0.2) is 4.79 Å². The van der Waals surface area contributed by atoms with Gasteiger partial charge in [-0.1, -0.05) is 0 Å². The van der Waals surface area contributed by atoms with E-state index in [0.29, 0.717) is 21.8 Å². The number of rotatable bonds is 6. The van der Waals surface area contributed by atoms with Crippen LogP contribution in [0.5, 0.6) is 0 Å². The van der Waals surface area contributed by atoms with Crippen LogP contribution in [0.25, 0.3) is 0 Å². The molecule has 0 saturated heterocycles. The molecule has 1 fully saturated rings. The lowest BCUT2D eigenvalue weighted by atomic mass is 10.2. The maximum absolute atomic E-state index is 12.0. The summed E-state index contributed by atoms with van der Waals surface area (Å²) in [7, 11) is -1.54. The first kappa shape index (κ1) is 15.2. The minimum Gasteiger partial charge on any atom is -0.478 e. The zero-order valence-electron chi connectivity index (χ0n) is 10.6. The van der Waals surface area contributed by atoms with Gasteiger partial charge in [-0.15, -0.1) is 0 Å². The first-order chi connectivity index (χ1) is 9.47. The van der Waals surface area contributed by atoms with Gasteiger partial charge in [0.2, 0.25) is 5.91 Å². The molecule has 1 amide bonds. The number of carboxylic acids is 1. The number of hydrogen-bond donors (Lipinski definition) is 2. The molecule has 0 radical (unpaired) electrons. The van der Waals surface area contributed by atoms with Gasteiger partial charge in [-0.3, -0.25) is 9.00 Å². The number of nitrogens with one attached hydrogen (secondary N) is 1. The summed E-state index contributed by atoms with van der Waals surface area (Å²) in [4.78, 5) is 22.9. The highest BCUT2D eigenvalue weighted by atomic mass is 79.9. The standard InChI is InChI=1S/C13H14BrNO4S/c14-11-4-3-9(5-10(11)13(17)18)20(19)7-12(16)15-6-8-1-2-8/h3-5,8H,1-2,6-7H2,(H,15,16)(H,17,18). The van der Waals surface area contributed by atoms with E-state index < -0.39 is 16.8 Å². The van der Waals surface area contributed by atoms with Gasteiger partial charge in [0.15, 0.2) is 0 Å². The average Bonchev–Trinajstić information content (AvgIpc) is 3.20. The molecule has 2 rings (SSSR count). The maximum Gasteiger partial charge on any atom is 0.336 e. The molecule has 2 N–H and O–H groups in total. The van der Waals surface area contributed by atoms with Crippen LogP contribution < -0.4 is 5.32 Å². The predicted octanol–water partition coefficient (Wildman–Crippen LogP) is 1.78. The summed E-state index contributed by atoms with van der Waals surface area (Å²) in [5, 5.41) is 11.7. The van der Waals surface area contributed by atoms with Crippen LogP contribution >= 0.6 is 15.9 Å². The highest BCUT2D eigenvalue weighted by Crippen LogP contribution is 2.27. The zero-order chi connectivity index (χ0) is 14.7. The van der Waals surface area contributed by atoms with Crippen molar-refractivity contribution in [3.63, 3.8) is 0 Å². The van der Waals surface area contributed by atoms with Crippen LogP contribution in [0.15, 0.2) is 27.6 Å². The van der Waals surface area contributed by atoms with Crippen LogP contribution in [0, 0.1) is 5.92 Å². The van der Waals surface area contributed by atoms with E-state index in [0.717, 1.165) is 12.8 Å². The third kappa shape index (κ3) is 4.14. The van der Waals surface area contributed by atoms with E-state index in [2.05, 4.69) is 21.2 Å². The molecule has 1 aliphatic rings. The highest BCUT2D eigenvalue weighted by molar-refractivity contribution is 9.10. The summed E-state index contributed by atoms with van der Waals surface area (Å²) in [6.07, 6.45) is 2.27. The summed E-state index contributed by atoms with van der Waals surface area (Å²) >= 11 is 3.12. The summed E-state index contributed by atoms with van der Waals surface area (Å²) < 4.78 is 12.5. The Bertz CT molecular complexity index is 571. The Kier molecular flexibility index (Phi) is 4.93. The number of carboxylic acid groups (broad SMARTS) is 1. The first-order valence-electron chi connectivity index (χ1n) is 6.15. The van der Waals surface area contributed by atoms with Gasteiger partial charge >= 0.3 is 5.97 Å². The van der Waals surface area contributed by atoms with E-state index in [1.54, 1.807) is 6.07 Å². The molecule has 1 atom stereocenters. The molecule has 1 unspecified atom stereocenters. The van der Waals surface area contributed by atoms with Crippen LogP contribution in [0.4, 0.5) is 0 Å². The monoisotopic (exact) mass is 359 g/mol. The van der Waals surface area contributed by atoms with E-state index in [1.807, 2.05) is 0 Å². The van der Waals surface area contributed by atoms with Gasteiger partial charge in [0.05, 0.1) is 16.4 Å². The third-order valence-corrected chi connectivity index (χ3v) is 4.97. The maximum atomic E-state index is 12.0. The largest absolute Gasteiger partial charge is 0.478 e. The van der Waals surface area contributed by atoms with Crippen LogP contribution in [-0.4, -0.2) is 33.5 Å². The molecule has 20 heavy (non-hydrogen) atoms. The van der Waals surface area contributed by atoms with Gasteiger partial charge < -0.3 is 10.4 Å². The molecule has 5 nitrogen and oxygen atoms in total. The van der Waals surface area contributed by atoms with Gasteiger partial charge in [-0.05, 0) is 52.9 Å². The van der Waals surface area contributed by atoms with Crippen LogP contribution in [0.2, 0.25) is 0 Å². The third-order valence-electron chi connectivity index (χ3n) is 2.98. The minimum absolute atomic E-state index is 0.0363. The van der Waals surface area contributed by atoms with Crippen molar-refractivity contribution in [3.8, 4) is 0 Å². The summed E-state index contributed by atoms with van der Waals surface area (Å²) in [6.45, 7) is 0.636. The molecule has 0 bridgehead atoms. The minimum atomic E-state index is -1.54. The Morgan fingerprint density at radius 3 is 2.70 bits per heavy atom. The first-order valence-corrected chi connectivity index (χ1v) is 8.26. The summed E-state index contributed by atoms with van der Waals surface area (Å²) in [6, 6.07) is 4.41. The second-order valence-corrected chi connectivity index (χ2v) is 6.99. The van der Waals surface area contributed by atoms with Crippen LogP contribution in [0.1, 0.15) is 23.2 Å². The Morgan fingerprint density at radius 1 is 1.40 bits per heavy atom. The quantitative estimate of drug-likeness (QED) is 0.810. The van der Waals surface area contributed by atoms with Crippen molar-refractivity contribution in [3.05, 3.63) is 28.2 Å². The second kappa shape index (κ2) is 6.49. The molecule has 1 aromatic rings. The van der Waals surface area contributed by atoms with Crippen molar-refractivity contribution in [2.45, 2.75) is 17.7 Å². The van der Waals surface area contributed by atoms with Gasteiger partial charge in [-0.2, -0.15) is 0 Å². The molecule has 1 aliphatic carbocycles. The van der Waals surface area contributed by atoms with Gasteiger partial charge in [0.1, 0.15) is 5.75 Å². The van der Waals surface area contributed by atoms with Crippen molar-refractivity contribution >= 4 is 38.6 Å². The number of carbonyl (C=O) groups is 2. The van der Waals surface area contributed by atoms with E-state index >= 15 is 0 Å². The molecule has 7 heteroatoms. The molecule has 0 spiro atoms. The highest BCUT2D eigenvalue weighted by Gasteiger charge is 2.22. The smallest absolute Gasteiger partial charge is 0.336 e. The number of benzene rings is 1. The van der Waals surface area contributed by atoms with Crippen molar-refractivity contribution in [1.29, 1.82) is 0 Å². The zero-order valence-corrected chi connectivity index (χ0v) is 13.0. The van der Waals surface area contributed by atoms with E-state index in [-0.39, 0.29) is 17.2 Å². The van der Waals surface area contributed by atoms with E-state index in [1.165, 1.54) is 12.1 Å². The lowest BCUT2D eigenvalue weighted by Gasteiger charge is -2.06. The van der Waals surface area contributed by atoms with Crippen molar-refractivity contribution in [2.24, 2.45) is 5.92 Å². The number of aromatic carboxylic acids is 1. The fourth-order valence-corrected chi connectivity index (χ4v) is 3.04. The summed E-state index contributed by atoms with van der Waals surface area (Å²) in [5.74, 6) is -0.949. The average molecular weight is 360 g/mol. The Labute approximate surface area is 127 Å². The van der Waals surface area contributed by atoms with Crippen molar-refractivity contribution < 1.29 is 18.9 Å². The second-order valence-electron chi connectivity index (χ2n) is 4.68. The van der Waals surface area contributed by atoms with Crippen LogP contribution in [-0.2, 0) is 15.6 Å². The molecular weight excluding hydrogens is 346 g/mol. The van der Waals surface area contributed by atoms with Crippen molar-refractivity contribution in [2.75, 3.05) is 12.3 Å². The van der Waals surface area contributed by atoms with E-state index in [4.69, 9.17) is 5.11 Å². The molecule has 1 aromatic carbocycles. The molecule has 108 valence electrons. The number of carbonyl (C=O) groups excluding carboxylic acids is 1. The van der Waals surface area contributed by atoms with E-state index in [9.17, 15) is 13.8 Å². The number of hydrogen-bond acceptors (Lipinski definition) is 3. The molecule has 0 aliphatic heterocycles. The normalized spacial score (nSPS) is 15.7. The van der Waals surface area contributed by atoms with Crippen LogP contribution in [0.3, 0.4) is 0 Å². The molecular formula is C13H14BrNO4S. The lowest BCUT2D eigenvalue weighted by Crippen LogP contribution is -2.30. The van der Waals surface area contributed by atoms with Gasteiger partial charge in [0, 0.05) is 15.9 Å². The Balaban J connectivity index is 1.99. The van der Waals surface area contributed by atoms with Crippen molar-refractivity contribution in [1.82, 2.24) is 5.32 Å². The fourth-order valence-electron chi connectivity index (χ4n) is 1.64. The predicted molar refractivity (Wildman–Crippen MR) is 78.1 cm³/mol. The molecule has 1 saturated carbocycles. The lowest BCUT2D eigenvalue weighted by molar-refractivity contribution is -0.118. The number of halogens is 1.